The highest BCUT2D eigenvalue weighted by molar-refractivity contribution is 5.93. The fourth-order valence-electron chi connectivity index (χ4n) is 2.53. The molecule has 2 heterocycles. The maximum absolute atomic E-state index is 4.66. The van der Waals surface area contributed by atoms with Gasteiger partial charge in [0.15, 0.2) is 0 Å². The molecule has 2 aromatic heterocycles. The SMILES string of the molecule is CCc1[nH]c2nc(Nc3ccc(C)cc3)ccc2c1NC. The minimum absolute atomic E-state index is 0.845. The summed E-state index contributed by atoms with van der Waals surface area (Å²) >= 11 is 0. The largest absolute Gasteiger partial charge is 0.386 e. The van der Waals surface area contributed by atoms with Gasteiger partial charge in [-0.15, -0.1) is 0 Å². The Balaban J connectivity index is 1.95. The van der Waals surface area contributed by atoms with Crippen LogP contribution in [-0.4, -0.2) is 17.0 Å². The summed E-state index contributed by atoms with van der Waals surface area (Å²) in [6.07, 6.45) is 0.952. The number of rotatable bonds is 4. The molecule has 3 rings (SSSR count). The predicted octanol–water partition coefficient (Wildman–Crippen LogP) is 4.22. The van der Waals surface area contributed by atoms with Crippen molar-refractivity contribution in [1.29, 1.82) is 0 Å². The average Bonchev–Trinajstić information content (AvgIpc) is 2.86. The summed E-state index contributed by atoms with van der Waals surface area (Å²) in [5.74, 6) is 0.845. The highest BCUT2D eigenvalue weighted by atomic mass is 15.0. The highest BCUT2D eigenvalue weighted by Gasteiger charge is 2.10. The van der Waals surface area contributed by atoms with Crippen LogP contribution in [0.1, 0.15) is 18.2 Å². The number of nitrogens with zero attached hydrogens (tertiary/aromatic N) is 1. The van der Waals surface area contributed by atoms with Crippen molar-refractivity contribution >= 4 is 28.2 Å². The lowest BCUT2D eigenvalue weighted by Gasteiger charge is -2.06. The van der Waals surface area contributed by atoms with Gasteiger partial charge in [-0.1, -0.05) is 24.6 Å². The van der Waals surface area contributed by atoms with Crippen LogP contribution in [0.25, 0.3) is 11.0 Å². The smallest absolute Gasteiger partial charge is 0.142 e. The van der Waals surface area contributed by atoms with Gasteiger partial charge in [0.05, 0.1) is 5.69 Å². The van der Waals surface area contributed by atoms with Gasteiger partial charge in [-0.25, -0.2) is 4.98 Å². The first-order chi connectivity index (χ1) is 10.2. The average molecular weight is 280 g/mol. The van der Waals surface area contributed by atoms with E-state index in [4.69, 9.17) is 0 Å². The van der Waals surface area contributed by atoms with Gasteiger partial charge in [0.1, 0.15) is 11.5 Å². The minimum Gasteiger partial charge on any atom is -0.386 e. The topological polar surface area (TPSA) is 52.7 Å². The first-order valence-corrected chi connectivity index (χ1v) is 7.24. The van der Waals surface area contributed by atoms with E-state index in [0.717, 1.165) is 34.6 Å². The van der Waals surface area contributed by atoms with Gasteiger partial charge in [0, 0.05) is 23.8 Å². The number of aromatic amines is 1. The van der Waals surface area contributed by atoms with Gasteiger partial charge in [0.2, 0.25) is 0 Å². The first kappa shape index (κ1) is 13.5. The summed E-state index contributed by atoms with van der Waals surface area (Å²) in [5.41, 5.74) is 5.53. The molecule has 108 valence electrons. The maximum Gasteiger partial charge on any atom is 0.142 e. The Bertz CT molecular complexity index is 756. The normalized spacial score (nSPS) is 10.8. The third-order valence-corrected chi connectivity index (χ3v) is 3.66. The second-order valence-corrected chi connectivity index (χ2v) is 5.17. The number of anilines is 3. The quantitative estimate of drug-likeness (QED) is 0.670. The number of H-pyrrole nitrogens is 1. The molecular formula is C17H20N4. The van der Waals surface area contributed by atoms with Crippen molar-refractivity contribution in [2.24, 2.45) is 0 Å². The molecule has 0 aliphatic carbocycles. The summed E-state index contributed by atoms with van der Waals surface area (Å²) < 4.78 is 0. The summed E-state index contributed by atoms with van der Waals surface area (Å²) in [4.78, 5) is 8.05. The number of hydrogen-bond donors (Lipinski definition) is 3. The van der Waals surface area contributed by atoms with Crippen LogP contribution in [0, 0.1) is 6.92 Å². The summed E-state index contributed by atoms with van der Waals surface area (Å²) in [6.45, 7) is 4.22. The van der Waals surface area contributed by atoms with Crippen molar-refractivity contribution in [2.75, 3.05) is 17.7 Å². The number of aryl methyl sites for hydroxylation is 2. The molecule has 0 saturated heterocycles. The molecule has 0 saturated carbocycles. The number of pyridine rings is 1. The minimum atomic E-state index is 0.845. The van der Waals surface area contributed by atoms with Crippen LogP contribution < -0.4 is 10.6 Å². The van der Waals surface area contributed by atoms with Crippen molar-refractivity contribution in [3.63, 3.8) is 0 Å². The standard InChI is InChI=1S/C17H20N4/c1-4-14-16(18-3)13-9-10-15(21-17(13)20-14)19-12-7-5-11(2)6-8-12/h5-10,18H,4H2,1-3H3,(H2,19,20,21). The molecule has 1 aromatic carbocycles. The maximum atomic E-state index is 4.66. The summed E-state index contributed by atoms with van der Waals surface area (Å²) in [6, 6.07) is 12.4. The van der Waals surface area contributed by atoms with E-state index in [2.05, 4.69) is 64.8 Å². The molecule has 4 nitrogen and oxygen atoms in total. The van der Waals surface area contributed by atoms with E-state index in [1.807, 2.05) is 13.1 Å². The molecule has 0 unspecified atom stereocenters. The number of nitrogens with one attached hydrogen (secondary N) is 3. The van der Waals surface area contributed by atoms with E-state index < -0.39 is 0 Å². The third kappa shape index (κ3) is 2.57. The Labute approximate surface area is 124 Å². The van der Waals surface area contributed by atoms with Gasteiger partial charge in [0.25, 0.3) is 0 Å². The number of benzene rings is 1. The lowest BCUT2D eigenvalue weighted by molar-refractivity contribution is 1.07. The molecule has 0 aliphatic rings. The second-order valence-electron chi connectivity index (χ2n) is 5.17. The molecule has 21 heavy (non-hydrogen) atoms. The van der Waals surface area contributed by atoms with Gasteiger partial charge in [-0.2, -0.15) is 0 Å². The lowest BCUT2D eigenvalue weighted by atomic mass is 10.2. The van der Waals surface area contributed by atoms with Crippen LogP contribution in [-0.2, 0) is 6.42 Å². The van der Waals surface area contributed by atoms with Crippen LogP contribution in [0.3, 0.4) is 0 Å². The number of fused-ring (bicyclic) bond motifs is 1. The molecule has 0 radical (unpaired) electrons. The summed E-state index contributed by atoms with van der Waals surface area (Å²) in [7, 11) is 1.94. The molecule has 0 aliphatic heterocycles. The van der Waals surface area contributed by atoms with Crippen molar-refractivity contribution < 1.29 is 0 Å². The Morgan fingerprint density at radius 1 is 1.10 bits per heavy atom. The molecule has 0 amide bonds. The van der Waals surface area contributed by atoms with Gasteiger partial charge in [-0.3, -0.25) is 0 Å². The zero-order valence-corrected chi connectivity index (χ0v) is 12.6. The van der Waals surface area contributed by atoms with Crippen molar-refractivity contribution in [3.05, 3.63) is 47.7 Å². The summed E-state index contributed by atoms with van der Waals surface area (Å²) in [5, 5.41) is 7.72. The van der Waals surface area contributed by atoms with E-state index in [1.165, 1.54) is 11.3 Å². The van der Waals surface area contributed by atoms with Crippen molar-refractivity contribution in [3.8, 4) is 0 Å². The molecular weight excluding hydrogens is 260 g/mol. The lowest BCUT2D eigenvalue weighted by Crippen LogP contribution is -1.93. The van der Waals surface area contributed by atoms with Crippen LogP contribution in [0.15, 0.2) is 36.4 Å². The molecule has 0 atom stereocenters. The molecule has 0 spiro atoms. The Morgan fingerprint density at radius 2 is 1.86 bits per heavy atom. The van der Waals surface area contributed by atoms with Gasteiger partial charge >= 0.3 is 0 Å². The predicted molar refractivity (Wildman–Crippen MR) is 89.5 cm³/mol. The van der Waals surface area contributed by atoms with Crippen LogP contribution in [0.4, 0.5) is 17.2 Å². The zero-order valence-electron chi connectivity index (χ0n) is 12.6. The van der Waals surface area contributed by atoms with Crippen LogP contribution >= 0.6 is 0 Å². The van der Waals surface area contributed by atoms with E-state index in [0.29, 0.717) is 0 Å². The van der Waals surface area contributed by atoms with E-state index >= 15 is 0 Å². The van der Waals surface area contributed by atoms with Crippen LogP contribution in [0.2, 0.25) is 0 Å². The Morgan fingerprint density at radius 3 is 2.52 bits per heavy atom. The molecule has 0 bridgehead atoms. The molecule has 3 aromatic rings. The first-order valence-electron chi connectivity index (χ1n) is 7.24. The Hall–Kier alpha value is -2.49. The van der Waals surface area contributed by atoms with E-state index in [9.17, 15) is 0 Å². The molecule has 0 fully saturated rings. The fourth-order valence-corrected chi connectivity index (χ4v) is 2.53. The molecule has 4 heteroatoms. The van der Waals surface area contributed by atoms with Crippen LogP contribution in [0.5, 0.6) is 0 Å². The van der Waals surface area contributed by atoms with Gasteiger partial charge in [-0.05, 0) is 37.6 Å². The highest BCUT2D eigenvalue weighted by Crippen LogP contribution is 2.28. The third-order valence-electron chi connectivity index (χ3n) is 3.66. The Kier molecular flexibility index (Phi) is 3.52. The van der Waals surface area contributed by atoms with Gasteiger partial charge < -0.3 is 15.6 Å². The van der Waals surface area contributed by atoms with E-state index in [-0.39, 0.29) is 0 Å². The number of hydrogen-bond acceptors (Lipinski definition) is 3. The zero-order chi connectivity index (χ0) is 14.8. The van der Waals surface area contributed by atoms with Crippen molar-refractivity contribution in [2.45, 2.75) is 20.3 Å². The second kappa shape index (κ2) is 5.48. The van der Waals surface area contributed by atoms with E-state index in [1.54, 1.807) is 0 Å². The monoisotopic (exact) mass is 280 g/mol. The van der Waals surface area contributed by atoms with Crippen molar-refractivity contribution in [1.82, 2.24) is 9.97 Å². The fraction of sp³-hybridized carbons (Fsp3) is 0.235. The number of aromatic nitrogens is 2. The molecule has 3 N–H and O–H groups in total.